The van der Waals surface area contributed by atoms with E-state index in [4.69, 9.17) is 0 Å². The maximum atomic E-state index is 11.1. The van der Waals surface area contributed by atoms with E-state index in [1.165, 1.54) is 0 Å². The zero-order chi connectivity index (χ0) is 17.7. The lowest BCUT2D eigenvalue weighted by molar-refractivity contribution is -0.109. The molecule has 2 aromatic rings. The summed E-state index contributed by atoms with van der Waals surface area (Å²) in [6, 6.07) is 17.1. The summed E-state index contributed by atoms with van der Waals surface area (Å²) in [5.41, 5.74) is 1.50. The van der Waals surface area contributed by atoms with E-state index < -0.39 is 5.60 Å². The molecule has 2 N–H and O–H groups in total. The van der Waals surface area contributed by atoms with Gasteiger partial charge in [0.05, 0.1) is 5.60 Å². The molecule has 0 aliphatic carbocycles. The van der Waals surface area contributed by atoms with Gasteiger partial charge in [-0.3, -0.25) is 4.90 Å². The second-order valence-electron chi connectivity index (χ2n) is 6.93. The van der Waals surface area contributed by atoms with Gasteiger partial charge in [0.1, 0.15) is 12.0 Å². The molecule has 0 aromatic heterocycles. The molecule has 1 fully saturated rings. The average molecular weight is 339 g/mol. The maximum absolute atomic E-state index is 11.1. The molecule has 1 aliphatic heterocycles. The number of aldehydes is 1. The van der Waals surface area contributed by atoms with Crippen molar-refractivity contribution in [1.82, 2.24) is 4.90 Å². The van der Waals surface area contributed by atoms with Gasteiger partial charge < -0.3 is 15.0 Å². The first-order valence-electron chi connectivity index (χ1n) is 8.83. The fourth-order valence-corrected chi connectivity index (χ4v) is 3.69. The number of carbonyl (C=O) groups is 1. The SMILES string of the molecule is O=CCC(c1ccc(O)cc1)N1CCC(O)(Cc2ccccc2)CC1. The van der Waals surface area contributed by atoms with E-state index in [0.29, 0.717) is 25.7 Å². The Bertz CT molecular complexity index is 676. The number of hydrogen-bond donors (Lipinski definition) is 2. The first-order valence-corrected chi connectivity index (χ1v) is 8.83. The van der Waals surface area contributed by atoms with Crippen LogP contribution in [0, 0.1) is 0 Å². The van der Waals surface area contributed by atoms with Gasteiger partial charge >= 0.3 is 0 Å². The normalized spacial score (nSPS) is 18.6. The second-order valence-corrected chi connectivity index (χ2v) is 6.93. The van der Waals surface area contributed by atoms with E-state index in [2.05, 4.69) is 17.0 Å². The van der Waals surface area contributed by atoms with Crippen molar-refractivity contribution in [2.45, 2.75) is 37.3 Å². The summed E-state index contributed by atoms with van der Waals surface area (Å²) in [6.45, 7) is 1.51. The van der Waals surface area contributed by atoms with Crippen molar-refractivity contribution in [2.24, 2.45) is 0 Å². The Kier molecular flexibility index (Phi) is 5.51. The molecule has 1 atom stereocenters. The average Bonchev–Trinajstić information content (AvgIpc) is 2.62. The lowest BCUT2D eigenvalue weighted by atomic mass is 9.84. The quantitative estimate of drug-likeness (QED) is 0.794. The highest BCUT2D eigenvalue weighted by atomic mass is 16.3. The molecule has 3 rings (SSSR count). The van der Waals surface area contributed by atoms with Crippen LogP contribution < -0.4 is 0 Å². The monoisotopic (exact) mass is 339 g/mol. The van der Waals surface area contributed by atoms with Gasteiger partial charge in [-0.1, -0.05) is 42.5 Å². The summed E-state index contributed by atoms with van der Waals surface area (Å²) in [5, 5.41) is 20.4. The molecule has 25 heavy (non-hydrogen) atoms. The van der Waals surface area contributed by atoms with Gasteiger partial charge in [-0.15, -0.1) is 0 Å². The van der Waals surface area contributed by atoms with Gasteiger partial charge in [0.25, 0.3) is 0 Å². The summed E-state index contributed by atoms with van der Waals surface area (Å²) in [6.07, 6.45) is 3.41. The molecule has 0 amide bonds. The van der Waals surface area contributed by atoms with E-state index in [9.17, 15) is 15.0 Å². The van der Waals surface area contributed by atoms with E-state index in [1.54, 1.807) is 12.1 Å². The van der Waals surface area contributed by atoms with E-state index >= 15 is 0 Å². The number of benzene rings is 2. The third-order valence-corrected chi connectivity index (χ3v) is 5.14. The number of hydrogen-bond acceptors (Lipinski definition) is 4. The summed E-state index contributed by atoms with van der Waals surface area (Å²) in [4.78, 5) is 13.4. The smallest absolute Gasteiger partial charge is 0.121 e. The molecular weight excluding hydrogens is 314 g/mol. The van der Waals surface area contributed by atoms with Crippen LogP contribution >= 0.6 is 0 Å². The van der Waals surface area contributed by atoms with Crippen LogP contribution in [0.5, 0.6) is 5.75 Å². The van der Waals surface area contributed by atoms with Gasteiger partial charge in [0.15, 0.2) is 0 Å². The molecule has 4 nitrogen and oxygen atoms in total. The third kappa shape index (κ3) is 4.47. The van der Waals surface area contributed by atoms with Crippen LogP contribution in [0.15, 0.2) is 54.6 Å². The van der Waals surface area contributed by atoms with E-state index in [-0.39, 0.29) is 11.8 Å². The number of rotatable bonds is 6. The molecule has 0 radical (unpaired) electrons. The Morgan fingerprint density at radius 3 is 2.28 bits per heavy atom. The summed E-state index contributed by atoms with van der Waals surface area (Å²) in [7, 11) is 0. The number of piperidine rings is 1. The molecule has 1 aliphatic rings. The van der Waals surface area contributed by atoms with Crippen LogP contribution in [-0.4, -0.2) is 40.1 Å². The van der Waals surface area contributed by atoms with Gasteiger partial charge in [-0.25, -0.2) is 0 Å². The van der Waals surface area contributed by atoms with Crippen LogP contribution in [0.1, 0.15) is 36.4 Å². The zero-order valence-electron chi connectivity index (χ0n) is 14.3. The van der Waals surface area contributed by atoms with Crippen molar-refractivity contribution in [3.05, 3.63) is 65.7 Å². The minimum atomic E-state index is -0.682. The molecule has 132 valence electrons. The molecular formula is C21H25NO3. The number of phenolic OH excluding ortho intramolecular Hbond substituents is 1. The summed E-state index contributed by atoms with van der Waals surface area (Å²) in [5.74, 6) is 0.226. The summed E-state index contributed by atoms with van der Waals surface area (Å²) < 4.78 is 0. The lowest BCUT2D eigenvalue weighted by Crippen LogP contribution is -2.46. The van der Waals surface area contributed by atoms with Crippen molar-refractivity contribution in [3.63, 3.8) is 0 Å². The Hall–Kier alpha value is -2.17. The van der Waals surface area contributed by atoms with Gasteiger partial charge in [0, 0.05) is 32.0 Å². The number of aliphatic hydroxyl groups is 1. The predicted molar refractivity (Wildman–Crippen MR) is 97.4 cm³/mol. The Labute approximate surface area is 148 Å². The predicted octanol–water partition coefficient (Wildman–Crippen LogP) is 3.09. The van der Waals surface area contributed by atoms with Crippen molar-refractivity contribution in [3.8, 4) is 5.75 Å². The first-order chi connectivity index (χ1) is 12.1. The van der Waals surface area contributed by atoms with Crippen LogP contribution in [0.4, 0.5) is 0 Å². The Balaban J connectivity index is 1.66. The van der Waals surface area contributed by atoms with Crippen LogP contribution in [0.25, 0.3) is 0 Å². The highest BCUT2D eigenvalue weighted by Gasteiger charge is 2.35. The third-order valence-electron chi connectivity index (χ3n) is 5.14. The van der Waals surface area contributed by atoms with E-state index in [1.807, 2.05) is 30.3 Å². The molecule has 1 heterocycles. The zero-order valence-corrected chi connectivity index (χ0v) is 14.3. The molecule has 0 spiro atoms. The fraction of sp³-hybridized carbons (Fsp3) is 0.381. The largest absolute Gasteiger partial charge is 0.508 e. The van der Waals surface area contributed by atoms with Crippen molar-refractivity contribution < 1.29 is 15.0 Å². The van der Waals surface area contributed by atoms with Gasteiger partial charge in [-0.2, -0.15) is 0 Å². The van der Waals surface area contributed by atoms with Gasteiger partial charge in [-0.05, 0) is 36.1 Å². The molecule has 2 aromatic carbocycles. The number of likely N-dealkylation sites (tertiary alicyclic amines) is 1. The Morgan fingerprint density at radius 1 is 1.04 bits per heavy atom. The van der Waals surface area contributed by atoms with Crippen LogP contribution in [0.3, 0.4) is 0 Å². The summed E-state index contributed by atoms with van der Waals surface area (Å²) >= 11 is 0. The number of phenols is 1. The highest BCUT2D eigenvalue weighted by Crippen LogP contribution is 2.33. The van der Waals surface area contributed by atoms with Gasteiger partial charge in [0.2, 0.25) is 0 Å². The molecule has 1 unspecified atom stereocenters. The van der Waals surface area contributed by atoms with Crippen LogP contribution in [-0.2, 0) is 11.2 Å². The fourth-order valence-electron chi connectivity index (χ4n) is 3.69. The van der Waals surface area contributed by atoms with Crippen molar-refractivity contribution in [1.29, 1.82) is 0 Å². The minimum Gasteiger partial charge on any atom is -0.508 e. The first kappa shape index (κ1) is 17.6. The minimum absolute atomic E-state index is 0.000578. The van der Waals surface area contributed by atoms with Crippen molar-refractivity contribution in [2.75, 3.05) is 13.1 Å². The standard InChI is InChI=1S/C21H25NO3/c23-15-10-20(18-6-8-19(24)9-7-18)22-13-11-21(25,12-14-22)16-17-4-2-1-3-5-17/h1-9,15,20,24-25H,10-14,16H2. The topological polar surface area (TPSA) is 60.8 Å². The molecule has 1 saturated heterocycles. The number of nitrogens with zero attached hydrogens (tertiary/aromatic N) is 1. The van der Waals surface area contributed by atoms with Crippen molar-refractivity contribution >= 4 is 6.29 Å². The number of aromatic hydroxyl groups is 1. The molecule has 0 saturated carbocycles. The van der Waals surface area contributed by atoms with Crippen LogP contribution in [0.2, 0.25) is 0 Å². The van der Waals surface area contributed by atoms with E-state index in [0.717, 1.165) is 30.5 Å². The lowest BCUT2D eigenvalue weighted by Gasteiger charge is -2.41. The second kappa shape index (κ2) is 7.81. The molecule has 4 heteroatoms. The maximum Gasteiger partial charge on any atom is 0.121 e. The number of carbonyl (C=O) groups excluding carboxylic acids is 1. The highest BCUT2D eigenvalue weighted by molar-refractivity contribution is 5.51. The molecule has 0 bridgehead atoms. The Morgan fingerprint density at radius 2 is 1.68 bits per heavy atom.